The van der Waals surface area contributed by atoms with Crippen molar-refractivity contribution in [1.82, 2.24) is 0 Å². The minimum atomic E-state index is -0.951. The maximum atomic E-state index is 14.9. The smallest absolute Gasteiger partial charge is 0.307 e. The second kappa shape index (κ2) is 10.5. The third kappa shape index (κ3) is 5.92. The maximum Gasteiger partial charge on any atom is 0.307 e. The number of methoxy groups -OCH3 is 1. The Balaban J connectivity index is 1.52. The van der Waals surface area contributed by atoms with Crippen molar-refractivity contribution in [1.29, 1.82) is 0 Å². The number of ether oxygens (including phenoxy) is 3. The average molecular weight is 458 g/mol. The topological polar surface area (TPSA) is 65.0 Å². The highest BCUT2D eigenvalue weighted by Gasteiger charge is 2.11. The summed E-state index contributed by atoms with van der Waals surface area (Å²) in [5.74, 6) is 0.483. The Morgan fingerprint density at radius 1 is 0.794 bits per heavy atom. The molecule has 0 bridgehead atoms. The van der Waals surface area contributed by atoms with E-state index in [-0.39, 0.29) is 6.42 Å². The van der Waals surface area contributed by atoms with Crippen LogP contribution in [0.3, 0.4) is 0 Å². The van der Waals surface area contributed by atoms with E-state index in [1.807, 2.05) is 30.3 Å². The van der Waals surface area contributed by atoms with E-state index in [2.05, 4.69) is 0 Å². The van der Waals surface area contributed by atoms with E-state index in [9.17, 15) is 9.18 Å². The van der Waals surface area contributed by atoms with Crippen LogP contribution in [0.25, 0.3) is 11.1 Å². The van der Waals surface area contributed by atoms with Gasteiger partial charge < -0.3 is 19.3 Å². The lowest BCUT2D eigenvalue weighted by Gasteiger charge is -2.12. The zero-order chi connectivity index (χ0) is 23.9. The van der Waals surface area contributed by atoms with Crippen LogP contribution in [0.1, 0.15) is 11.1 Å². The maximum absolute atomic E-state index is 14.9. The van der Waals surface area contributed by atoms with Gasteiger partial charge in [0.05, 0.1) is 13.5 Å². The average Bonchev–Trinajstić information content (AvgIpc) is 2.83. The van der Waals surface area contributed by atoms with E-state index in [1.54, 1.807) is 54.6 Å². The predicted molar refractivity (Wildman–Crippen MR) is 127 cm³/mol. The molecule has 0 spiro atoms. The van der Waals surface area contributed by atoms with Crippen molar-refractivity contribution in [3.8, 4) is 34.1 Å². The number of aliphatic carboxylic acids is 1. The van der Waals surface area contributed by atoms with Crippen LogP contribution in [0.15, 0.2) is 91.0 Å². The molecule has 0 unspecified atom stereocenters. The monoisotopic (exact) mass is 458 g/mol. The number of rotatable bonds is 9. The van der Waals surface area contributed by atoms with Crippen molar-refractivity contribution in [2.24, 2.45) is 0 Å². The number of halogens is 1. The first-order chi connectivity index (χ1) is 16.5. The van der Waals surface area contributed by atoms with Crippen LogP contribution in [0, 0.1) is 5.82 Å². The molecular formula is C28H23FO5. The van der Waals surface area contributed by atoms with E-state index in [1.165, 1.54) is 13.2 Å². The van der Waals surface area contributed by atoms with E-state index < -0.39 is 11.8 Å². The number of benzene rings is 4. The summed E-state index contributed by atoms with van der Waals surface area (Å²) in [7, 11) is 1.50. The van der Waals surface area contributed by atoms with Crippen LogP contribution in [0.4, 0.5) is 4.39 Å². The van der Waals surface area contributed by atoms with Gasteiger partial charge in [-0.15, -0.1) is 0 Å². The molecule has 0 saturated heterocycles. The number of hydrogen-bond acceptors (Lipinski definition) is 4. The Kier molecular flexibility index (Phi) is 7.08. The van der Waals surface area contributed by atoms with E-state index >= 15 is 0 Å². The summed E-state index contributed by atoms with van der Waals surface area (Å²) in [6, 6.07) is 26.4. The van der Waals surface area contributed by atoms with Gasteiger partial charge in [0, 0.05) is 17.7 Å². The van der Waals surface area contributed by atoms with Gasteiger partial charge in [0.2, 0.25) is 0 Å². The zero-order valence-electron chi connectivity index (χ0n) is 18.5. The molecule has 0 aliphatic carbocycles. The summed E-state index contributed by atoms with van der Waals surface area (Å²) >= 11 is 0. The van der Waals surface area contributed by atoms with E-state index in [4.69, 9.17) is 19.3 Å². The van der Waals surface area contributed by atoms with Crippen molar-refractivity contribution in [3.05, 3.63) is 108 Å². The first-order valence-corrected chi connectivity index (χ1v) is 10.6. The van der Waals surface area contributed by atoms with Gasteiger partial charge in [-0.2, -0.15) is 0 Å². The van der Waals surface area contributed by atoms with E-state index in [0.717, 1.165) is 5.56 Å². The van der Waals surface area contributed by atoms with Gasteiger partial charge in [-0.05, 0) is 53.1 Å². The van der Waals surface area contributed by atoms with Gasteiger partial charge in [-0.3, -0.25) is 4.79 Å². The first kappa shape index (κ1) is 22.9. The van der Waals surface area contributed by atoms with Crippen LogP contribution in [-0.4, -0.2) is 18.2 Å². The van der Waals surface area contributed by atoms with Crippen LogP contribution in [-0.2, 0) is 17.8 Å². The largest absolute Gasteiger partial charge is 0.497 e. The normalized spacial score (nSPS) is 10.5. The zero-order valence-corrected chi connectivity index (χ0v) is 18.5. The van der Waals surface area contributed by atoms with Gasteiger partial charge >= 0.3 is 5.97 Å². The molecule has 0 aliphatic heterocycles. The summed E-state index contributed by atoms with van der Waals surface area (Å²) in [6.45, 7) is 0.355. The molecule has 0 aromatic heterocycles. The Bertz CT molecular complexity index is 1290. The highest BCUT2D eigenvalue weighted by molar-refractivity contribution is 5.71. The molecule has 0 radical (unpaired) electrons. The van der Waals surface area contributed by atoms with Crippen molar-refractivity contribution in [2.45, 2.75) is 13.0 Å². The number of hydrogen-bond donors (Lipinski definition) is 1. The van der Waals surface area contributed by atoms with Crippen LogP contribution in [0.2, 0.25) is 0 Å². The third-order valence-electron chi connectivity index (χ3n) is 5.10. The van der Waals surface area contributed by atoms with Crippen LogP contribution >= 0.6 is 0 Å². The summed E-state index contributed by atoms with van der Waals surface area (Å²) < 4.78 is 31.8. The number of carbonyl (C=O) groups is 1. The SMILES string of the molecule is COc1cc(CC(=O)O)cc(Oc2cccc(-c3ccc(OCc4ccccc4)cc3F)c2)c1. The third-order valence-corrected chi connectivity index (χ3v) is 5.10. The molecule has 5 nitrogen and oxygen atoms in total. The van der Waals surface area contributed by atoms with Gasteiger partial charge in [0.1, 0.15) is 35.4 Å². The minimum absolute atomic E-state index is 0.155. The molecule has 1 N–H and O–H groups in total. The Hall–Kier alpha value is -4.32. The number of carboxylic acid groups (broad SMARTS) is 1. The summed E-state index contributed by atoms with van der Waals surface area (Å²) in [5.41, 5.74) is 2.60. The Morgan fingerprint density at radius 2 is 1.59 bits per heavy atom. The van der Waals surface area contributed by atoms with Crippen molar-refractivity contribution >= 4 is 5.97 Å². The van der Waals surface area contributed by atoms with Crippen molar-refractivity contribution < 1.29 is 28.5 Å². The van der Waals surface area contributed by atoms with Crippen molar-refractivity contribution in [3.63, 3.8) is 0 Å². The first-order valence-electron chi connectivity index (χ1n) is 10.6. The van der Waals surface area contributed by atoms with Gasteiger partial charge in [-0.25, -0.2) is 4.39 Å². The predicted octanol–water partition coefficient (Wildman–Crippen LogP) is 6.50. The molecule has 4 aromatic carbocycles. The quantitative estimate of drug-likeness (QED) is 0.310. The molecule has 0 amide bonds. The molecule has 0 atom stereocenters. The molecule has 4 rings (SSSR count). The summed E-state index contributed by atoms with van der Waals surface area (Å²) in [6.07, 6.45) is -0.155. The lowest BCUT2D eigenvalue weighted by molar-refractivity contribution is -0.136. The molecule has 6 heteroatoms. The van der Waals surface area contributed by atoms with E-state index in [0.29, 0.717) is 46.3 Å². The highest BCUT2D eigenvalue weighted by atomic mass is 19.1. The molecule has 4 aromatic rings. The van der Waals surface area contributed by atoms with Gasteiger partial charge in [0.25, 0.3) is 0 Å². The van der Waals surface area contributed by atoms with Gasteiger partial charge in [-0.1, -0.05) is 42.5 Å². The standard InChI is InChI=1S/C28H23FO5/c1-32-24-12-20(14-28(30)31)13-25(16-24)34-23-9-5-8-21(15-23)26-11-10-22(17-27(26)29)33-18-19-6-3-2-4-7-19/h2-13,15-17H,14,18H2,1H3,(H,30,31). The lowest BCUT2D eigenvalue weighted by atomic mass is 10.0. The Morgan fingerprint density at radius 3 is 2.32 bits per heavy atom. The Labute approximate surface area is 197 Å². The summed E-state index contributed by atoms with van der Waals surface area (Å²) in [5, 5.41) is 9.08. The second-order valence-electron chi connectivity index (χ2n) is 7.63. The van der Waals surface area contributed by atoms with Gasteiger partial charge in [0.15, 0.2) is 0 Å². The molecule has 172 valence electrons. The fourth-order valence-corrected chi connectivity index (χ4v) is 3.51. The lowest BCUT2D eigenvalue weighted by Crippen LogP contribution is -2.01. The molecule has 0 aliphatic rings. The fraction of sp³-hybridized carbons (Fsp3) is 0.107. The molecule has 0 fully saturated rings. The fourth-order valence-electron chi connectivity index (χ4n) is 3.51. The summed E-state index contributed by atoms with van der Waals surface area (Å²) in [4.78, 5) is 11.1. The second-order valence-corrected chi connectivity index (χ2v) is 7.63. The van der Waals surface area contributed by atoms with Crippen LogP contribution in [0.5, 0.6) is 23.0 Å². The highest BCUT2D eigenvalue weighted by Crippen LogP contribution is 2.32. The minimum Gasteiger partial charge on any atom is -0.497 e. The molecule has 0 heterocycles. The van der Waals surface area contributed by atoms with Crippen molar-refractivity contribution in [2.75, 3.05) is 7.11 Å². The molecule has 34 heavy (non-hydrogen) atoms. The van der Waals surface area contributed by atoms with Crippen LogP contribution < -0.4 is 14.2 Å². The molecule has 0 saturated carbocycles. The molecular weight excluding hydrogens is 435 g/mol. The number of carboxylic acids is 1.